The van der Waals surface area contributed by atoms with E-state index in [0.29, 0.717) is 0 Å². The van der Waals surface area contributed by atoms with Crippen LogP contribution in [-0.2, 0) is 0 Å². The summed E-state index contributed by atoms with van der Waals surface area (Å²) in [6.45, 7) is 12.1. The van der Waals surface area contributed by atoms with Gasteiger partial charge in [0.05, 0.1) is 0 Å². The SMILES string of the molecule is CC.CCCCC.CN=C/C=C(\C)NCCCN. The maximum atomic E-state index is 5.33. The summed E-state index contributed by atoms with van der Waals surface area (Å²) < 4.78 is 0. The Hall–Kier alpha value is -0.830. The van der Waals surface area contributed by atoms with Crippen LogP contribution in [0, 0.1) is 0 Å². The monoisotopic (exact) mass is 257 g/mol. The molecule has 0 fully saturated rings. The number of nitrogens with two attached hydrogens (primary N) is 1. The first-order valence-electron chi connectivity index (χ1n) is 7.25. The van der Waals surface area contributed by atoms with E-state index < -0.39 is 0 Å². The van der Waals surface area contributed by atoms with E-state index in [2.05, 4.69) is 24.2 Å². The third-order valence-corrected chi connectivity index (χ3v) is 1.97. The van der Waals surface area contributed by atoms with E-state index in [1.165, 1.54) is 19.3 Å². The molecule has 0 saturated heterocycles. The van der Waals surface area contributed by atoms with Crippen LogP contribution in [-0.4, -0.2) is 26.4 Å². The quantitative estimate of drug-likeness (QED) is 0.539. The van der Waals surface area contributed by atoms with Crippen LogP contribution in [0.3, 0.4) is 0 Å². The average molecular weight is 257 g/mol. The van der Waals surface area contributed by atoms with Crippen LogP contribution in [0.15, 0.2) is 16.8 Å². The average Bonchev–Trinajstić information content (AvgIpc) is 2.41. The van der Waals surface area contributed by atoms with E-state index in [0.717, 1.165) is 25.2 Å². The van der Waals surface area contributed by atoms with E-state index in [4.69, 9.17) is 5.73 Å². The third kappa shape index (κ3) is 29.4. The van der Waals surface area contributed by atoms with Gasteiger partial charge in [0.1, 0.15) is 0 Å². The fourth-order valence-electron chi connectivity index (χ4n) is 0.986. The second-order valence-corrected chi connectivity index (χ2v) is 3.68. The normalized spacial score (nSPS) is 10.3. The zero-order chi connectivity index (χ0) is 14.6. The summed E-state index contributed by atoms with van der Waals surface area (Å²) in [5.74, 6) is 0. The molecule has 0 rings (SSSR count). The van der Waals surface area contributed by atoms with Gasteiger partial charge in [0.25, 0.3) is 0 Å². The minimum atomic E-state index is 0.738. The van der Waals surface area contributed by atoms with Crippen LogP contribution >= 0.6 is 0 Å². The lowest BCUT2D eigenvalue weighted by atomic mass is 10.3. The van der Waals surface area contributed by atoms with Gasteiger partial charge in [-0.15, -0.1) is 0 Å². The fraction of sp³-hybridized carbons (Fsp3) is 0.800. The molecule has 0 aromatic carbocycles. The highest BCUT2D eigenvalue weighted by atomic mass is 14.9. The summed E-state index contributed by atoms with van der Waals surface area (Å²) in [5, 5.41) is 3.21. The molecule has 0 radical (unpaired) electrons. The Balaban J connectivity index is -0.000000270. The molecule has 18 heavy (non-hydrogen) atoms. The molecular weight excluding hydrogens is 222 g/mol. The summed E-state index contributed by atoms with van der Waals surface area (Å²) in [6.07, 6.45) is 8.79. The molecule has 3 N–H and O–H groups in total. The number of rotatable bonds is 7. The van der Waals surface area contributed by atoms with Crippen molar-refractivity contribution < 1.29 is 0 Å². The van der Waals surface area contributed by atoms with Crippen LogP contribution in [0.2, 0.25) is 0 Å². The number of nitrogens with one attached hydrogen (secondary N) is 1. The summed E-state index contributed by atoms with van der Waals surface area (Å²) in [5.41, 5.74) is 6.46. The molecule has 3 nitrogen and oxygen atoms in total. The summed E-state index contributed by atoms with van der Waals surface area (Å²) in [4.78, 5) is 3.84. The van der Waals surface area contributed by atoms with Crippen molar-refractivity contribution in [3.63, 3.8) is 0 Å². The zero-order valence-electron chi connectivity index (χ0n) is 13.4. The highest BCUT2D eigenvalue weighted by molar-refractivity contribution is 5.71. The smallest absolute Gasteiger partial charge is 0.0277 e. The number of nitrogens with zero attached hydrogens (tertiary/aromatic N) is 1. The van der Waals surface area contributed by atoms with Gasteiger partial charge in [-0.2, -0.15) is 0 Å². The molecule has 3 heteroatoms. The molecule has 110 valence electrons. The molecule has 0 bridgehead atoms. The maximum absolute atomic E-state index is 5.33. The molecule has 0 atom stereocenters. The lowest BCUT2D eigenvalue weighted by Crippen LogP contribution is -2.16. The first kappa shape index (κ1) is 22.4. The van der Waals surface area contributed by atoms with Gasteiger partial charge in [-0.3, -0.25) is 4.99 Å². The van der Waals surface area contributed by atoms with E-state index in [1.807, 2.05) is 26.8 Å². The van der Waals surface area contributed by atoms with Crippen molar-refractivity contribution in [1.82, 2.24) is 5.32 Å². The molecule has 0 heterocycles. The summed E-state index contributed by atoms with van der Waals surface area (Å²) in [6, 6.07) is 0. The van der Waals surface area contributed by atoms with E-state index >= 15 is 0 Å². The van der Waals surface area contributed by atoms with Crippen molar-refractivity contribution in [2.24, 2.45) is 10.7 Å². The molecule has 0 amide bonds. The van der Waals surface area contributed by atoms with Gasteiger partial charge < -0.3 is 11.1 Å². The molecule has 0 saturated carbocycles. The lowest BCUT2D eigenvalue weighted by Gasteiger charge is -2.02. The van der Waals surface area contributed by atoms with Crippen molar-refractivity contribution in [1.29, 1.82) is 0 Å². The Labute approximate surface area is 115 Å². The number of hydrogen-bond donors (Lipinski definition) is 2. The second kappa shape index (κ2) is 25.1. The summed E-state index contributed by atoms with van der Waals surface area (Å²) >= 11 is 0. The Bertz CT molecular complexity index is 173. The summed E-state index contributed by atoms with van der Waals surface area (Å²) in [7, 11) is 1.75. The molecule has 0 aliphatic heterocycles. The Morgan fingerprint density at radius 1 is 1.17 bits per heavy atom. The minimum absolute atomic E-state index is 0.738. The molecule has 0 spiro atoms. The fourth-order valence-corrected chi connectivity index (χ4v) is 0.986. The molecule has 0 aromatic heterocycles. The molecule has 0 aliphatic carbocycles. The number of unbranched alkanes of at least 4 members (excludes halogenated alkanes) is 2. The Morgan fingerprint density at radius 3 is 2.06 bits per heavy atom. The maximum Gasteiger partial charge on any atom is 0.0277 e. The first-order chi connectivity index (χ1) is 8.72. The Morgan fingerprint density at radius 2 is 1.72 bits per heavy atom. The van der Waals surface area contributed by atoms with Gasteiger partial charge in [0, 0.05) is 25.5 Å². The van der Waals surface area contributed by atoms with Crippen molar-refractivity contribution in [2.75, 3.05) is 20.1 Å². The predicted octanol–water partition coefficient (Wildman–Crippen LogP) is 3.75. The number of aliphatic imine (C=N–C) groups is 1. The van der Waals surface area contributed by atoms with Gasteiger partial charge in [0.2, 0.25) is 0 Å². The van der Waals surface area contributed by atoms with E-state index in [9.17, 15) is 0 Å². The lowest BCUT2D eigenvalue weighted by molar-refractivity contribution is 0.733. The highest BCUT2D eigenvalue weighted by Gasteiger charge is 1.84. The minimum Gasteiger partial charge on any atom is -0.388 e. The molecular formula is C15H35N3. The molecule has 0 unspecified atom stereocenters. The highest BCUT2D eigenvalue weighted by Crippen LogP contribution is 1.88. The van der Waals surface area contributed by atoms with Crippen LogP contribution in [0.5, 0.6) is 0 Å². The van der Waals surface area contributed by atoms with Gasteiger partial charge in [-0.05, 0) is 26.0 Å². The van der Waals surface area contributed by atoms with Gasteiger partial charge in [-0.25, -0.2) is 0 Å². The third-order valence-electron chi connectivity index (χ3n) is 1.97. The van der Waals surface area contributed by atoms with Crippen LogP contribution in [0.1, 0.15) is 60.3 Å². The van der Waals surface area contributed by atoms with Crippen LogP contribution in [0.4, 0.5) is 0 Å². The molecule has 0 aliphatic rings. The number of hydrogen-bond acceptors (Lipinski definition) is 3. The Kier molecular flexibility index (Phi) is 31.2. The van der Waals surface area contributed by atoms with Gasteiger partial charge >= 0.3 is 0 Å². The second-order valence-electron chi connectivity index (χ2n) is 3.68. The van der Waals surface area contributed by atoms with Crippen LogP contribution in [0.25, 0.3) is 0 Å². The van der Waals surface area contributed by atoms with Crippen molar-refractivity contribution >= 4 is 6.21 Å². The topological polar surface area (TPSA) is 50.4 Å². The van der Waals surface area contributed by atoms with E-state index in [-0.39, 0.29) is 0 Å². The standard InChI is InChI=1S/C8H17N3.C5H12.C2H6/c1-8(4-7-10-2)11-6-3-5-9;1-3-5-4-2;1-2/h4,7,11H,3,5-6,9H2,1-2H3;3-5H2,1-2H3;1-2H3/b8-4+,10-7?;;. The van der Waals surface area contributed by atoms with Crippen molar-refractivity contribution in [2.45, 2.75) is 60.3 Å². The van der Waals surface area contributed by atoms with Gasteiger partial charge in [0.15, 0.2) is 0 Å². The predicted molar refractivity (Wildman–Crippen MR) is 86.4 cm³/mol. The number of allylic oxidation sites excluding steroid dienone is 2. The van der Waals surface area contributed by atoms with Gasteiger partial charge in [-0.1, -0.05) is 47.0 Å². The van der Waals surface area contributed by atoms with Crippen molar-refractivity contribution in [3.8, 4) is 0 Å². The van der Waals surface area contributed by atoms with Crippen molar-refractivity contribution in [3.05, 3.63) is 11.8 Å². The molecule has 0 aromatic rings. The zero-order valence-corrected chi connectivity index (χ0v) is 13.4. The first-order valence-corrected chi connectivity index (χ1v) is 7.25. The largest absolute Gasteiger partial charge is 0.388 e. The van der Waals surface area contributed by atoms with Crippen LogP contribution < -0.4 is 11.1 Å². The van der Waals surface area contributed by atoms with E-state index in [1.54, 1.807) is 13.3 Å².